The lowest BCUT2D eigenvalue weighted by Gasteiger charge is -2.17. The number of hydrogen-bond donors (Lipinski definition) is 1. The average molecular weight is 358 g/mol. The van der Waals surface area contributed by atoms with Gasteiger partial charge in [-0.25, -0.2) is 0 Å². The fourth-order valence-electron chi connectivity index (χ4n) is 2.81. The number of nitrogens with zero attached hydrogens (tertiary/aromatic N) is 3. The van der Waals surface area contributed by atoms with Crippen molar-refractivity contribution in [1.82, 2.24) is 14.7 Å². The number of carbonyl (C=O) groups is 2. The van der Waals surface area contributed by atoms with Crippen LogP contribution in [0.4, 0.5) is 5.69 Å². The predicted molar refractivity (Wildman–Crippen MR) is 100 cm³/mol. The van der Waals surface area contributed by atoms with Crippen LogP contribution in [0.15, 0.2) is 24.3 Å². The van der Waals surface area contributed by atoms with Gasteiger partial charge in [-0.1, -0.05) is 6.07 Å². The summed E-state index contributed by atoms with van der Waals surface area (Å²) in [6, 6.07) is 7.10. The second-order valence-electron chi connectivity index (χ2n) is 6.30. The largest absolute Gasteiger partial charge is 0.497 e. The lowest BCUT2D eigenvalue weighted by Crippen LogP contribution is -2.35. The van der Waals surface area contributed by atoms with E-state index in [0.717, 1.165) is 17.0 Å². The summed E-state index contributed by atoms with van der Waals surface area (Å²) >= 11 is 0. The molecule has 0 saturated heterocycles. The van der Waals surface area contributed by atoms with Crippen LogP contribution in [0.5, 0.6) is 5.75 Å². The Morgan fingerprint density at radius 2 is 2.04 bits per heavy atom. The molecule has 0 saturated carbocycles. The second kappa shape index (κ2) is 8.51. The molecule has 0 aliphatic carbocycles. The zero-order valence-corrected chi connectivity index (χ0v) is 16.0. The second-order valence-corrected chi connectivity index (χ2v) is 6.30. The summed E-state index contributed by atoms with van der Waals surface area (Å²) < 4.78 is 6.95. The minimum atomic E-state index is -0.247. The molecule has 1 aromatic carbocycles. The molecule has 0 aliphatic heterocycles. The Hall–Kier alpha value is -2.83. The van der Waals surface area contributed by atoms with Crippen LogP contribution < -0.4 is 10.1 Å². The van der Waals surface area contributed by atoms with Crippen LogP contribution in [0.25, 0.3) is 0 Å². The summed E-state index contributed by atoms with van der Waals surface area (Å²) in [5.41, 5.74) is 3.73. The van der Waals surface area contributed by atoms with Gasteiger partial charge in [-0.15, -0.1) is 0 Å². The van der Waals surface area contributed by atoms with E-state index in [9.17, 15) is 9.59 Å². The monoisotopic (exact) mass is 358 g/mol. The van der Waals surface area contributed by atoms with E-state index >= 15 is 0 Å². The highest BCUT2D eigenvalue weighted by Gasteiger charge is 2.16. The first-order chi connectivity index (χ1) is 12.3. The maximum atomic E-state index is 12.3. The molecule has 2 rings (SSSR count). The molecule has 0 fully saturated rings. The molecule has 140 valence electrons. The molecule has 1 heterocycles. The van der Waals surface area contributed by atoms with E-state index < -0.39 is 0 Å². The van der Waals surface area contributed by atoms with Crippen molar-refractivity contribution < 1.29 is 14.3 Å². The zero-order valence-electron chi connectivity index (χ0n) is 16.0. The Kier molecular flexibility index (Phi) is 6.38. The number of hydrogen-bond acceptors (Lipinski definition) is 4. The van der Waals surface area contributed by atoms with Crippen LogP contribution in [0.2, 0.25) is 0 Å². The molecule has 26 heavy (non-hydrogen) atoms. The fraction of sp³-hybridized carbons (Fsp3) is 0.421. The molecule has 7 heteroatoms. The number of ether oxygens (including phenoxy) is 1. The Morgan fingerprint density at radius 3 is 2.65 bits per heavy atom. The number of amides is 2. The molecule has 0 aliphatic rings. The summed E-state index contributed by atoms with van der Waals surface area (Å²) in [4.78, 5) is 25.9. The molecule has 0 spiro atoms. The number of methoxy groups -OCH3 is 1. The molecule has 1 N–H and O–H groups in total. The van der Waals surface area contributed by atoms with E-state index in [1.54, 1.807) is 38.4 Å². The normalized spacial score (nSPS) is 10.5. The van der Waals surface area contributed by atoms with Crippen molar-refractivity contribution in [2.45, 2.75) is 26.7 Å². The average Bonchev–Trinajstić information content (AvgIpc) is 2.84. The maximum absolute atomic E-state index is 12.3. The van der Waals surface area contributed by atoms with Gasteiger partial charge in [-0.3, -0.25) is 14.3 Å². The van der Waals surface area contributed by atoms with Gasteiger partial charge in [0.25, 0.3) is 0 Å². The van der Waals surface area contributed by atoms with Gasteiger partial charge in [-0.05, 0) is 38.0 Å². The predicted octanol–water partition coefficient (Wildman–Crippen LogP) is 2.08. The van der Waals surface area contributed by atoms with Gasteiger partial charge >= 0.3 is 0 Å². The van der Waals surface area contributed by atoms with E-state index in [2.05, 4.69) is 10.4 Å². The highest BCUT2D eigenvalue weighted by atomic mass is 16.5. The summed E-state index contributed by atoms with van der Waals surface area (Å²) in [6.45, 7) is 3.93. The minimum Gasteiger partial charge on any atom is -0.497 e. The van der Waals surface area contributed by atoms with Gasteiger partial charge in [0, 0.05) is 38.0 Å². The number of aromatic nitrogens is 2. The highest BCUT2D eigenvalue weighted by Crippen LogP contribution is 2.17. The first-order valence-corrected chi connectivity index (χ1v) is 8.48. The number of anilines is 1. The molecule has 0 atom stereocenters. The number of aryl methyl sites for hydroxylation is 2. The Labute approximate surface area is 153 Å². The summed E-state index contributed by atoms with van der Waals surface area (Å²) in [5, 5.41) is 7.13. The first kappa shape index (κ1) is 19.5. The summed E-state index contributed by atoms with van der Waals surface area (Å²) in [6.07, 6.45) is 0.961. The molecule has 2 aromatic rings. The van der Waals surface area contributed by atoms with Crippen molar-refractivity contribution in [3.63, 3.8) is 0 Å². The van der Waals surface area contributed by atoms with Crippen LogP contribution >= 0.6 is 0 Å². The molecule has 2 amide bonds. The van der Waals surface area contributed by atoms with Crippen LogP contribution in [-0.4, -0.2) is 47.2 Å². The molecule has 0 unspecified atom stereocenters. The number of rotatable bonds is 7. The van der Waals surface area contributed by atoms with Gasteiger partial charge in [-0.2, -0.15) is 5.10 Å². The third kappa shape index (κ3) is 4.84. The van der Waals surface area contributed by atoms with E-state index in [0.29, 0.717) is 24.3 Å². The van der Waals surface area contributed by atoms with Gasteiger partial charge in [0.05, 0.1) is 19.3 Å². The molecule has 0 radical (unpaired) electrons. The zero-order chi connectivity index (χ0) is 19.3. The number of benzene rings is 1. The van der Waals surface area contributed by atoms with Gasteiger partial charge in [0.15, 0.2) is 0 Å². The van der Waals surface area contributed by atoms with Crippen molar-refractivity contribution in [3.05, 3.63) is 41.2 Å². The van der Waals surface area contributed by atoms with Crippen molar-refractivity contribution in [1.29, 1.82) is 0 Å². The first-order valence-electron chi connectivity index (χ1n) is 8.48. The molecule has 0 bridgehead atoms. The standard InChI is InChI=1S/C19H26N4O3/c1-13-17(14(2)23(4)21-13)9-10-19(25)22(3)12-18(24)20-15-7-6-8-16(11-15)26-5/h6-8,11H,9-10,12H2,1-5H3,(H,20,24). The van der Waals surface area contributed by atoms with Crippen LogP contribution in [0.1, 0.15) is 23.4 Å². The highest BCUT2D eigenvalue weighted by molar-refractivity contribution is 5.94. The lowest BCUT2D eigenvalue weighted by atomic mass is 10.1. The van der Waals surface area contributed by atoms with E-state index in [-0.39, 0.29) is 18.4 Å². The molecule has 7 nitrogen and oxygen atoms in total. The van der Waals surface area contributed by atoms with Gasteiger partial charge in [0.1, 0.15) is 5.75 Å². The number of carbonyl (C=O) groups excluding carboxylic acids is 2. The Bertz CT molecular complexity index is 798. The third-order valence-electron chi connectivity index (χ3n) is 4.41. The van der Waals surface area contributed by atoms with Crippen LogP contribution in [0, 0.1) is 13.8 Å². The SMILES string of the molecule is COc1cccc(NC(=O)CN(C)C(=O)CCc2c(C)nn(C)c2C)c1. The Morgan fingerprint density at radius 1 is 1.31 bits per heavy atom. The smallest absolute Gasteiger partial charge is 0.243 e. The number of likely N-dealkylation sites (N-methyl/N-ethyl adjacent to an activating group) is 1. The van der Waals surface area contributed by atoms with Crippen molar-refractivity contribution >= 4 is 17.5 Å². The van der Waals surface area contributed by atoms with Gasteiger partial charge in [0.2, 0.25) is 11.8 Å². The molecular weight excluding hydrogens is 332 g/mol. The van der Waals surface area contributed by atoms with Crippen molar-refractivity contribution in [2.75, 3.05) is 26.0 Å². The lowest BCUT2D eigenvalue weighted by molar-refractivity contribution is -0.133. The van der Waals surface area contributed by atoms with Gasteiger partial charge < -0.3 is 15.0 Å². The van der Waals surface area contributed by atoms with E-state index in [1.165, 1.54) is 4.90 Å². The molecular formula is C19H26N4O3. The van der Waals surface area contributed by atoms with Crippen molar-refractivity contribution in [2.24, 2.45) is 7.05 Å². The van der Waals surface area contributed by atoms with Crippen LogP contribution in [-0.2, 0) is 23.1 Å². The quantitative estimate of drug-likeness (QED) is 0.822. The Balaban J connectivity index is 1.86. The maximum Gasteiger partial charge on any atom is 0.243 e. The van der Waals surface area contributed by atoms with Crippen LogP contribution in [0.3, 0.4) is 0 Å². The number of nitrogens with one attached hydrogen (secondary N) is 1. The summed E-state index contributed by atoms with van der Waals surface area (Å²) in [5.74, 6) is 0.339. The topological polar surface area (TPSA) is 76.5 Å². The fourth-order valence-corrected chi connectivity index (χ4v) is 2.81. The van der Waals surface area contributed by atoms with E-state index in [1.807, 2.05) is 25.6 Å². The molecule has 1 aromatic heterocycles. The van der Waals surface area contributed by atoms with E-state index in [4.69, 9.17) is 4.74 Å². The van der Waals surface area contributed by atoms with Crippen molar-refractivity contribution in [3.8, 4) is 5.75 Å². The summed E-state index contributed by atoms with van der Waals surface area (Å²) in [7, 11) is 5.10. The minimum absolute atomic E-state index is 0.00104. The third-order valence-corrected chi connectivity index (χ3v) is 4.41.